The third-order valence-electron chi connectivity index (χ3n) is 14.6. The summed E-state index contributed by atoms with van der Waals surface area (Å²) in [5.74, 6) is -2.25. The van der Waals surface area contributed by atoms with E-state index in [1.807, 2.05) is 126 Å². The minimum absolute atomic E-state index is 0.101. The second-order valence-corrected chi connectivity index (χ2v) is 20.4. The molecule has 6 rings (SSSR count). The summed E-state index contributed by atoms with van der Waals surface area (Å²) in [5, 5.41) is 33.9. The fourth-order valence-corrected chi connectivity index (χ4v) is 10.1. The van der Waals surface area contributed by atoms with Gasteiger partial charge in [0.05, 0.1) is 88.8 Å². The highest BCUT2D eigenvalue weighted by molar-refractivity contribution is 5.87. The summed E-state index contributed by atoms with van der Waals surface area (Å²) in [6.45, 7) is 10.3. The number of carbonyl (C=O) groups is 2. The average Bonchev–Trinajstić information content (AvgIpc) is 3.35. The van der Waals surface area contributed by atoms with Gasteiger partial charge in [-0.3, -0.25) is 9.59 Å². The molecule has 15 nitrogen and oxygen atoms in total. The lowest BCUT2D eigenvalue weighted by Crippen LogP contribution is -2.63. The number of esters is 1. The quantitative estimate of drug-likeness (QED) is 0.0579. The first-order chi connectivity index (χ1) is 33.8. The van der Waals surface area contributed by atoms with E-state index >= 15 is 0 Å². The van der Waals surface area contributed by atoms with Crippen LogP contribution in [-0.4, -0.2) is 122 Å². The first-order valence-electron chi connectivity index (χ1n) is 24.9. The molecule has 0 radical (unpaired) electrons. The molecule has 3 fully saturated rings. The number of aliphatic hydroxyl groups is 3. The average molecular weight is 991 g/mol. The van der Waals surface area contributed by atoms with Crippen molar-refractivity contribution in [3.8, 4) is 11.5 Å². The molecule has 3 aromatic rings. The number of rotatable bonds is 24. The van der Waals surface area contributed by atoms with Crippen molar-refractivity contribution in [1.29, 1.82) is 0 Å². The van der Waals surface area contributed by atoms with Gasteiger partial charge in [0.15, 0.2) is 11.6 Å². The number of hydrogen-bond donors (Lipinski definition) is 3. The van der Waals surface area contributed by atoms with Crippen LogP contribution in [0.2, 0.25) is 0 Å². The number of Topliss-reactive ketones (excluding diaryl/α,β-unsaturated/α-hetero) is 1. The minimum Gasteiger partial charge on any atom is -0.497 e. The van der Waals surface area contributed by atoms with Gasteiger partial charge in [0.25, 0.3) is 0 Å². The van der Waals surface area contributed by atoms with Crippen LogP contribution in [0.4, 0.5) is 0 Å². The normalized spacial score (nSPS) is 28.3. The molecule has 15 heteroatoms. The van der Waals surface area contributed by atoms with Gasteiger partial charge in [-0.1, -0.05) is 94.4 Å². The zero-order chi connectivity index (χ0) is 51.4. The number of aliphatic hydroxyl groups excluding tert-OH is 3. The summed E-state index contributed by atoms with van der Waals surface area (Å²) in [6.07, 6.45) is -0.215. The van der Waals surface area contributed by atoms with E-state index in [-0.39, 0.29) is 51.1 Å². The monoisotopic (exact) mass is 991 g/mol. The van der Waals surface area contributed by atoms with Gasteiger partial charge in [-0.2, -0.15) is 0 Å². The van der Waals surface area contributed by atoms with Gasteiger partial charge >= 0.3 is 5.97 Å². The molecule has 0 bridgehead atoms. The van der Waals surface area contributed by atoms with Crippen molar-refractivity contribution in [3.63, 3.8) is 0 Å². The van der Waals surface area contributed by atoms with Crippen LogP contribution in [0, 0.1) is 10.8 Å². The number of hydrogen-bond acceptors (Lipinski definition) is 15. The van der Waals surface area contributed by atoms with Gasteiger partial charge in [-0.25, -0.2) is 0 Å². The molecule has 3 N–H and O–H groups in total. The fraction of sp³-hybridized carbons (Fsp3) is 0.607. The van der Waals surface area contributed by atoms with Crippen LogP contribution in [0.25, 0.3) is 0 Å². The standard InChI is InChI=1S/C56H78O15/c1-37(66-34-39-15-19-43(62-6)20-16-39)49(59)31-46-23-24-50(60)56(65-9,71-46)53(2,3)26-25-45-27-41(57)29-48(69-45)33-55(64-8)54(4,5)51(67-35-40-17-21-44(63-7)22-18-40)32-47(70-55)28-42(58)30-52(61)68-36-38-13-11-10-12-14-38/h10-22,25-26,37,41-42,45-49,51,57-59H,23-24,27-36H2,1-9H3/b26-25+/t37-,41-,42-,45+,46+,47-,48+,49-,51+,55+,56-/m1/s1. The van der Waals surface area contributed by atoms with Gasteiger partial charge in [-0.05, 0) is 60.7 Å². The number of ketones is 1. The van der Waals surface area contributed by atoms with E-state index in [1.165, 1.54) is 7.11 Å². The van der Waals surface area contributed by atoms with Crippen LogP contribution in [0.5, 0.6) is 11.5 Å². The fourth-order valence-electron chi connectivity index (χ4n) is 10.1. The SMILES string of the molecule is COc1ccc(CO[C@H]2C[C@@H](C[C@@H](O)CC(=O)OCc3ccccc3)O[C@](C[C@@H]3C[C@H](O)C[C@H](/C=C/C(C)(C)[C@]4(OC)O[C@H](C[C@@H](O)[C@@H](C)OCc5ccc(OC)cc5)CCC4=O)O3)(OC)C2(C)C)cc1. The summed E-state index contributed by atoms with van der Waals surface area (Å²) in [4.78, 5) is 26.7. The number of carbonyl (C=O) groups excluding carboxylic acids is 2. The lowest BCUT2D eigenvalue weighted by atomic mass is 9.70. The van der Waals surface area contributed by atoms with E-state index in [4.69, 9.17) is 47.4 Å². The maximum absolute atomic E-state index is 13.8. The van der Waals surface area contributed by atoms with Crippen LogP contribution >= 0.6 is 0 Å². The Morgan fingerprint density at radius 2 is 1.42 bits per heavy atom. The van der Waals surface area contributed by atoms with E-state index in [2.05, 4.69) is 0 Å². The minimum atomic E-state index is -1.66. The van der Waals surface area contributed by atoms with E-state index < -0.39 is 83.3 Å². The second kappa shape index (κ2) is 25.1. The zero-order valence-corrected chi connectivity index (χ0v) is 43.1. The van der Waals surface area contributed by atoms with E-state index in [0.29, 0.717) is 32.3 Å². The molecule has 11 atom stereocenters. The van der Waals surface area contributed by atoms with Crippen LogP contribution in [0.3, 0.4) is 0 Å². The van der Waals surface area contributed by atoms with Crippen molar-refractivity contribution in [1.82, 2.24) is 0 Å². The number of ether oxygens (including phenoxy) is 10. The van der Waals surface area contributed by atoms with Crippen LogP contribution in [-0.2, 0) is 67.3 Å². The maximum Gasteiger partial charge on any atom is 0.308 e. The summed E-state index contributed by atoms with van der Waals surface area (Å²) in [6, 6.07) is 24.5. The van der Waals surface area contributed by atoms with Gasteiger partial charge < -0.3 is 62.7 Å². The molecule has 0 aliphatic carbocycles. The molecule has 0 amide bonds. The Bertz CT molecular complexity index is 2150. The predicted molar refractivity (Wildman–Crippen MR) is 264 cm³/mol. The summed E-state index contributed by atoms with van der Waals surface area (Å²) >= 11 is 0. The molecule has 0 saturated carbocycles. The number of methoxy groups -OCH3 is 4. The third-order valence-corrected chi connectivity index (χ3v) is 14.6. The Morgan fingerprint density at radius 1 is 0.789 bits per heavy atom. The molecule has 3 aromatic carbocycles. The highest BCUT2D eigenvalue weighted by atomic mass is 16.7. The van der Waals surface area contributed by atoms with Gasteiger partial charge in [0.1, 0.15) is 18.1 Å². The highest BCUT2D eigenvalue weighted by Crippen LogP contribution is 2.51. The molecule has 3 saturated heterocycles. The topological polar surface area (TPSA) is 187 Å². The lowest BCUT2D eigenvalue weighted by molar-refractivity contribution is -0.363. The lowest BCUT2D eigenvalue weighted by Gasteiger charge is -2.56. The smallest absolute Gasteiger partial charge is 0.308 e. The van der Waals surface area contributed by atoms with E-state index in [1.54, 1.807) is 21.3 Å². The van der Waals surface area contributed by atoms with Crippen LogP contribution in [0.1, 0.15) is 109 Å². The predicted octanol–water partition coefficient (Wildman–Crippen LogP) is 7.96. The molecule has 0 unspecified atom stereocenters. The van der Waals surface area contributed by atoms with E-state index in [9.17, 15) is 24.9 Å². The van der Waals surface area contributed by atoms with E-state index in [0.717, 1.165) is 28.2 Å². The summed E-state index contributed by atoms with van der Waals surface area (Å²) in [7, 11) is 6.26. The first-order valence-corrected chi connectivity index (χ1v) is 24.9. The highest BCUT2D eigenvalue weighted by Gasteiger charge is 2.59. The first kappa shape index (κ1) is 56.0. The second-order valence-electron chi connectivity index (χ2n) is 20.4. The molecule has 392 valence electrons. The van der Waals surface area contributed by atoms with Crippen LogP contribution in [0.15, 0.2) is 91.0 Å². The van der Waals surface area contributed by atoms with Gasteiger partial charge in [-0.15, -0.1) is 0 Å². The Labute approximate surface area is 420 Å². The molecule has 3 aliphatic rings. The Hall–Kier alpha value is -4.26. The maximum atomic E-state index is 13.8. The molecular formula is C56H78O15. The Kier molecular flexibility index (Phi) is 19.8. The summed E-state index contributed by atoms with van der Waals surface area (Å²) < 4.78 is 61.5. The molecule has 0 aromatic heterocycles. The van der Waals surface area contributed by atoms with Crippen LogP contribution < -0.4 is 9.47 Å². The molecular weight excluding hydrogens is 913 g/mol. The zero-order valence-electron chi connectivity index (χ0n) is 43.1. The van der Waals surface area contributed by atoms with Crippen molar-refractivity contribution in [2.75, 3.05) is 28.4 Å². The molecule has 3 heterocycles. The van der Waals surface area contributed by atoms with Crippen molar-refractivity contribution < 1.29 is 72.3 Å². The molecule has 3 aliphatic heterocycles. The third kappa shape index (κ3) is 14.3. The molecule has 71 heavy (non-hydrogen) atoms. The van der Waals surface area contributed by atoms with Crippen molar-refractivity contribution in [3.05, 3.63) is 108 Å². The number of benzene rings is 3. The Morgan fingerprint density at radius 3 is 2.04 bits per heavy atom. The van der Waals surface area contributed by atoms with Crippen molar-refractivity contribution in [2.45, 2.75) is 179 Å². The van der Waals surface area contributed by atoms with Gasteiger partial charge in [0, 0.05) is 63.6 Å². The van der Waals surface area contributed by atoms with Crippen molar-refractivity contribution in [2.24, 2.45) is 10.8 Å². The van der Waals surface area contributed by atoms with Gasteiger partial charge in [0.2, 0.25) is 5.79 Å². The largest absolute Gasteiger partial charge is 0.497 e. The van der Waals surface area contributed by atoms with Crippen molar-refractivity contribution >= 4 is 11.8 Å². The Balaban J connectivity index is 1.13. The molecule has 0 spiro atoms. The summed E-state index contributed by atoms with van der Waals surface area (Å²) in [5.41, 5.74) is 0.919.